The number of nitrogens with zero attached hydrogens (tertiary/aromatic N) is 4. The number of hydrogen-bond donors (Lipinski definition) is 2. The third kappa shape index (κ3) is 4.61. The molecule has 4 N–H and O–H groups in total. The average Bonchev–Trinajstić information content (AvgIpc) is 2.69. The highest BCUT2D eigenvalue weighted by Gasteiger charge is 2.12. The maximum absolute atomic E-state index is 14.8. The topological polar surface area (TPSA) is 104 Å². The lowest BCUT2D eigenvalue weighted by molar-refractivity contribution is 0.631. The number of halogens is 2. The molecule has 9 heteroatoms. The summed E-state index contributed by atoms with van der Waals surface area (Å²) in [5, 5.41) is 0.529. The lowest BCUT2D eigenvalue weighted by atomic mass is 10.0. The predicted molar refractivity (Wildman–Crippen MR) is 115 cm³/mol. The van der Waals surface area contributed by atoms with Crippen LogP contribution in [0, 0.1) is 5.82 Å². The first-order valence-corrected chi connectivity index (χ1v) is 9.15. The Bertz CT molecular complexity index is 1140. The smallest absolute Gasteiger partial charge is 0.194 e. The number of benzene rings is 2. The van der Waals surface area contributed by atoms with Crippen LogP contribution in [-0.4, -0.2) is 19.9 Å². The molecule has 146 valence electrons. The van der Waals surface area contributed by atoms with E-state index >= 15 is 0 Å². The van der Waals surface area contributed by atoms with Crippen LogP contribution in [0.1, 0.15) is 0 Å². The fourth-order valence-electron chi connectivity index (χ4n) is 2.66. The van der Waals surface area contributed by atoms with E-state index in [1.165, 1.54) is 30.2 Å². The molecule has 0 saturated carbocycles. The number of anilines is 2. The van der Waals surface area contributed by atoms with Gasteiger partial charge in [0.05, 0.1) is 18.1 Å². The molecule has 29 heavy (non-hydrogen) atoms. The first kappa shape index (κ1) is 20.5. The zero-order valence-corrected chi connectivity index (χ0v) is 16.6. The summed E-state index contributed by atoms with van der Waals surface area (Å²) in [6.07, 6.45) is 4.46. The minimum atomic E-state index is -0.392. The lowest BCUT2D eigenvalue weighted by Gasteiger charge is -2.10. The van der Waals surface area contributed by atoms with Crippen LogP contribution < -0.4 is 11.5 Å². The van der Waals surface area contributed by atoms with Gasteiger partial charge in [0.15, 0.2) is 5.16 Å². The van der Waals surface area contributed by atoms with Crippen molar-refractivity contribution in [2.45, 2.75) is 10.1 Å². The van der Waals surface area contributed by atoms with E-state index in [0.29, 0.717) is 22.2 Å². The summed E-state index contributed by atoms with van der Waals surface area (Å²) in [5.74, 6) is 0.294. The van der Waals surface area contributed by atoms with Gasteiger partial charge in [-0.25, -0.2) is 19.3 Å². The van der Waals surface area contributed by atoms with E-state index in [1.807, 2.05) is 30.3 Å². The van der Waals surface area contributed by atoms with Crippen molar-refractivity contribution in [1.82, 2.24) is 19.9 Å². The standard InChI is InChI=1S/C20H15FN6S.ClH/c21-15-9-12(5-6-14(15)16-10-26-19(23)11-25-16)13-3-1-2-4-17(13)28-20-24-8-7-18(22)27-20;/h1-11H,(H2,23,26)(H2,22,24,27);1H. The molecule has 0 fully saturated rings. The Morgan fingerprint density at radius 2 is 1.66 bits per heavy atom. The molecule has 6 nitrogen and oxygen atoms in total. The summed E-state index contributed by atoms with van der Waals surface area (Å²) >= 11 is 1.37. The monoisotopic (exact) mass is 426 g/mol. The summed E-state index contributed by atoms with van der Waals surface area (Å²) in [4.78, 5) is 17.4. The molecule has 0 aliphatic rings. The maximum Gasteiger partial charge on any atom is 0.194 e. The first-order chi connectivity index (χ1) is 13.6. The van der Waals surface area contributed by atoms with Gasteiger partial charge in [0, 0.05) is 16.7 Å². The van der Waals surface area contributed by atoms with Gasteiger partial charge in [-0.1, -0.05) is 24.3 Å². The molecule has 2 heterocycles. The number of nitrogens with two attached hydrogens (primary N) is 2. The van der Waals surface area contributed by atoms with Crippen molar-refractivity contribution in [3.8, 4) is 22.4 Å². The zero-order valence-electron chi connectivity index (χ0n) is 15.0. The van der Waals surface area contributed by atoms with Gasteiger partial charge in [-0.05, 0) is 47.2 Å². The predicted octanol–water partition coefficient (Wildman–Crippen LogP) is 4.48. The number of nitrogen functional groups attached to an aromatic ring is 2. The largest absolute Gasteiger partial charge is 0.384 e. The van der Waals surface area contributed by atoms with Gasteiger partial charge >= 0.3 is 0 Å². The van der Waals surface area contributed by atoms with Crippen LogP contribution in [0.3, 0.4) is 0 Å². The van der Waals surface area contributed by atoms with Crippen molar-refractivity contribution in [3.05, 3.63) is 72.9 Å². The van der Waals surface area contributed by atoms with E-state index in [-0.39, 0.29) is 18.2 Å². The van der Waals surface area contributed by atoms with Crippen LogP contribution in [-0.2, 0) is 0 Å². The molecule has 0 radical (unpaired) electrons. The van der Waals surface area contributed by atoms with Crippen molar-refractivity contribution in [2.75, 3.05) is 11.5 Å². The Hall–Kier alpha value is -3.23. The van der Waals surface area contributed by atoms with E-state index in [1.54, 1.807) is 18.3 Å². The van der Waals surface area contributed by atoms with E-state index < -0.39 is 5.82 Å². The van der Waals surface area contributed by atoms with Gasteiger partial charge in [-0.2, -0.15) is 0 Å². The minimum Gasteiger partial charge on any atom is -0.384 e. The van der Waals surface area contributed by atoms with E-state index in [9.17, 15) is 4.39 Å². The van der Waals surface area contributed by atoms with Crippen molar-refractivity contribution < 1.29 is 4.39 Å². The fraction of sp³-hybridized carbons (Fsp3) is 0. The van der Waals surface area contributed by atoms with Crippen LogP contribution in [0.2, 0.25) is 0 Å². The highest BCUT2D eigenvalue weighted by Crippen LogP contribution is 2.36. The first-order valence-electron chi connectivity index (χ1n) is 8.33. The maximum atomic E-state index is 14.8. The second-order valence-electron chi connectivity index (χ2n) is 5.88. The zero-order chi connectivity index (χ0) is 19.5. The number of rotatable bonds is 4. The molecule has 0 aliphatic heterocycles. The summed E-state index contributed by atoms with van der Waals surface area (Å²) in [6, 6.07) is 14.3. The molecule has 0 bridgehead atoms. The Morgan fingerprint density at radius 1 is 0.828 bits per heavy atom. The minimum absolute atomic E-state index is 0. The molecular formula is C20H16ClFN6S. The summed E-state index contributed by atoms with van der Waals surface area (Å²) in [7, 11) is 0. The molecule has 2 aromatic heterocycles. The van der Waals surface area contributed by atoms with Gasteiger partial charge in [0.1, 0.15) is 17.5 Å². The summed E-state index contributed by atoms with van der Waals surface area (Å²) in [6.45, 7) is 0. The third-order valence-corrected chi connectivity index (χ3v) is 4.93. The SMILES string of the molecule is Cl.Nc1cnc(-c2ccc(-c3ccccc3Sc3nccc(N)n3)cc2F)cn1. The normalized spacial score (nSPS) is 10.4. The average molecular weight is 427 g/mol. The van der Waals surface area contributed by atoms with Crippen LogP contribution in [0.25, 0.3) is 22.4 Å². The summed E-state index contributed by atoms with van der Waals surface area (Å²) in [5.41, 5.74) is 13.7. The van der Waals surface area contributed by atoms with Gasteiger partial charge in [0.25, 0.3) is 0 Å². The molecule has 2 aromatic carbocycles. The molecule has 0 unspecified atom stereocenters. The van der Waals surface area contributed by atoms with Crippen molar-refractivity contribution in [1.29, 1.82) is 0 Å². The fourth-order valence-corrected chi connectivity index (χ4v) is 3.57. The van der Waals surface area contributed by atoms with Crippen LogP contribution in [0.4, 0.5) is 16.0 Å². The number of hydrogen-bond acceptors (Lipinski definition) is 7. The molecule has 0 atom stereocenters. The Labute approximate surface area is 177 Å². The second-order valence-corrected chi connectivity index (χ2v) is 6.89. The van der Waals surface area contributed by atoms with E-state index in [2.05, 4.69) is 19.9 Å². The van der Waals surface area contributed by atoms with Crippen molar-refractivity contribution >= 4 is 35.8 Å². The number of aromatic nitrogens is 4. The quantitative estimate of drug-likeness (QED) is 0.463. The highest BCUT2D eigenvalue weighted by atomic mass is 35.5. The molecular weight excluding hydrogens is 411 g/mol. The van der Waals surface area contributed by atoms with Crippen LogP contribution in [0.5, 0.6) is 0 Å². The van der Waals surface area contributed by atoms with E-state index in [0.717, 1.165) is 16.0 Å². The summed E-state index contributed by atoms with van der Waals surface area (Å²) < 4.78 is 14.8. The molecule has 0 saturated heterocycles. The molecule has 0 amide bonds. The van der Waals surface area contributed by atoms with Gasteiger partial charge in [0.2, 0.25) is 0 Å². The van der Waals surface area contributed by atoms with E-state index in [4.69, 9.17) is 11.5 Å². The molecule has 0 spiro atoms. The molecule has 4 aromatic rings. The van der Waals surface area contributed by atoms with Crippen LogP contribution in [0.15, 0.2) is 77.2 Å². The van der Waals surface area contributed by atoms with Gasteiger partial charge in [-0.15, -0.1) is 12.4 Å². The molecule has 0 aliphatic carbocycles. The van der Waals surface area contributed by atoms with Crippen molar-refractivity contribution in [2.24, 2.45) is 0 Å². The Balaban J connectivity index is 0.00000240. The highest BCUT2D eigenvalue weighted by molar-refractivity contribution is 7.99. The van der Waals surface area contributed by atoms with Crippen molar-refractivity contribution in [3.63, 3.8) is 0 Å². The Kier molecular flexibility index (Phi) is 6.26. The lowest BCUT2D eigenvalue weighted by Crippen LogP contribution is -1.95. The van der Waals surface area contributed by atoms with Gasteiger partial charge in [-0.3, -0.25) is 4.98 Å². The van der Waals surface area contributed by atoms with Crippen LogP contribution >= 0.6 is 24.2 Å². The third-order valence-electron chi connectivity index (χ3n) is 3.97. The Morgan fingerprint density at radius 3 is 2.38 bits per heavy atom. The molecule has 4 rings (SSSR count). The second kappa shape index (κ2) is 8.85. The van der Waals surface area contributed by atoms with Gasteiger partial charge < -0.3 is 11.5 Å².